The lowest BCUT2D eigenvalue weighted by atomic mass is 9.72. The molecule has 0 saturated heterocycles. The van der Waals surface area contributed by atoms with E-state index in [1.165, 1.54) is 28.9 Å². The zero-order chi connectivity index (χ0) is 24.6. The van der Waals surface area contributed by atoms with Gasteiger partial charge in [0.25, 0.3) is 5.91 Å². The quantitative estimate of drug-likeness (QED) is 0.513. The summed E-state index contributed by atoms with van der Waals surface area (Å²) in [6.07, 6.45) is 2.04. The number of rotatable bonds is 5. The highest BCUT2D eigenvalue weighted by molar-refractivity contribution is 7.17. The smallest absolute Gasteiger partial charge is 0.341 e. The van der Waals surface area contributed by atoms with Gasteiger partial charge in [-0.3, -0.25) is 4.79 Å². The van der Waals surface area contributed by atoms with Crippen LogP contribution >= 0.6 is 11.3 Å². The summed E-state index contributed by atoms with van der Waals surface area (Å²) < 4.78 is 10.9. The highest BCUT2D eigenvalue weighted by Crippen LogP contribution is 2.44. The largest absolute Gasteiger partial charge is 0.481 e. The Kier molecular flexibility index (Phi) is 7.27. The summed E-state index contributed by atoms with van der Waals surface area (Å²) in [5, 5.41) is 3.51. The predicted molar refractivity (Wildman–Crippen MR) is 134 cm³/mol. The predicted octanol–water partition coefficient (Wildman–Crippen LogP) is 6.39. The molecule has 1 aliphatic rings. The number of methoxy groups -OCH3 is 1. The maximum atomic E-state index is 13.0. The van der Waals surface area contributed by atoms with Crippen LogP contribution in [-0.4, -0.2) is 25.1 Å². The fraction of sp³-hybridized carbons (Fsp3) is 0.556. The Labute approximate surface area is 201 Å². The number of fused-ring (bicyclic) bond motifs is 1. The first kappa shape index (κ1) is 25.3. The van der Waals surface area contributed by atoms with Gasteiger partial charge in [-0.2, -0.15) is 0 Å². The zero-order valence-corrected chi connectivity index (χ0v) is 21.9. The summed E-state index contributed by atoms with van der Waals surface area (Å²) in [7, 11) is 1.38. The minimum atomic E-state index is -0.711. The molecule has 1 aliphatic carbocycles. The molecule has 1 aromatic heterocycles. The van der Waals surface area contributed by atoms with Gasteiger partial charge in [-0.25, -0.2) is 4.79 Å². The van der Waals surface area contributed by atoms with Crippen LogP contribution in [0.5, 0.6) is 5.75 Å². The molecule has 0 fully saturated rings. The van der Waals surface area contributed by atoms with E-state index in [2.05, 4.69) is 46.9 Å². The number of esters is 1. The van der Waals surface area contributed by atoms with Crippen molar-refractivity contribution in [2.45, 2.75) is 79.2 Å². The summed E-state index contributed by atoms with van der Waals surface area (Å²) >= 11 is 1.49. The van der Waals surface area contributed by atoms with Gasteiger partial charge in [0.15, 0.2) is 6.10 Å². The number of benzene rings is 1. The molecule has 0 saturated carbocycles. The van der Waals surface area contributed by atoms with Crippen LogP contribution in [0, 0.1) is 11.3 Å². The highest BCUT2D eigenvalue weighted by atomic mass is 32.1. The average molecular weight is 472 g/mol. The second kappa shape index (κ2) is 9.49. The molecule has 1 N–H and O–H groups in total. The third kappa shape index (κ3) is 5.78. The van der Waals surface area contributed by atoms with Gasteiger partial charge >= 0.3 is 5.97 Å². The summed E-state index contributed by atoms with van der Waals surface area (Å²) in [4.78, 5) is 26.7. The van der Waals surface area contributed by atoms with Crippen LogP contribution in [-0.2, 0) is 27.8 Å². The molecule has 0 radical (unpaired) electrons. The second-order valence-corrected chi connectivity index (χ2v) is 12.1. The van der Waals surface area contributed by atoms with E-state index in [-0.39, 0.29) is 16.7 Å². The molecule has 1 heterocycles. The van der Waals surface area contributed by atoms with E-state index in [0.717, 1.165) is 24.8 Å². The van der Waals surface area contributed by atoms with Crippen LogP contribution in [0.4, 0.5) is 5.00 Å². The molecule has 0 spiro atoms. The van der Waals surface area contributed by atoms with E-state index < -0.39 is 12.1 Å². The number of hydrogen-bond donors (Lipinski definition) is 1. The Bertz CT molecular complexity index is 1010. The van der Waals surface area contributed by atoms with E-state index in [1.807, 2.05) is 24.3 Å². The molecule has 2 aromatic rings. The Morgan fingerprint density at radius 2 is 1.73 bits per heavy atom. The van der Waals surface area contributed by atoms with E-state index >= 15 is 0 Å². The number of ether oxygens (including phenoxy) is 2. The zero-order valence-electron chi connectivity index (χ0n) is 21.1. The minimum Gasteiger partial charge on any atom is -0.481 e. The molecule has 1 amide bonds. The van der Waals surface area contributed by atoms with Gasteiger partial charge in [-0.1, -0.05) is 53.7 Å². The van der Waals surface area contributed by atoms with Crippen molar-refractivity contribution in [2.24, 2.45) is 11.3 Å². The molecule has 5 nitrogen and oxygen atoms in total. The molecular formula is C27H37NO4S. The normalized spacial score (nSPS) is 17.2. The first-order valence-corrected chi connectivity index (χ1v) is 12.4. The maximum Gasteiger partial charge on any atom is 0.341 e. The number of hydrogen-bond acceptors (Lipinski definition) is 5. The molecule has 0 aliphatic heterocycles. The highest BCUT2D eigenvalue weighted by Gasteiger charge is 2.34. The molecular weight excluding hydrogens is 434 g/mol. The first-order chi connectivity index (χ1) is 15.3. The lowest BCUT2D eigenvalue weighted by Gasteiger charge is -2.33. The van der Waals surface area contributed by atoms with Crippen molar-refractivity contribution in [2.75, 3.05) is 12.4 Å². The van der Waals surface area contributed by atoms with Crippen LogP contribution in [0.25, 0.3) is 0 Å². The van der Waals surface area contributed by atoms with Crippen molar-refractivity contribution in [1.29, 1.82) is 0 Å². The van der Waals surface area contributed by atoms with Crippen molar-refractivity contribution >= 4 is 28.2 Å². The van der Waals surface area contributed by atoms with Crippen molar-refractivity contribution in [3.63, 3.8) is 0 Å². The fourth-order valence-corrected chi connectivity index (χ4v) is 5.55. The molecule has 0 bridgehead atoms. The summed E-state index contributed by atoms with van der Waals surface area (Å²) in [5.41, 5.74) is 2.97. The van der Waals surface area contributed by atoms with Crippen molar-refractivity contribution in [3.8, 4) is 5.75 Å². The molecule has 2 atom stereocenters. The summed E-state index contributed by atoms with van der Waals surface area (Å²) in [5.74, 6) is 0.489. The van der Waals surface area contributed by atoms with Gasteiger partial charge in [0.05, 0.1) is 12.7 Å². The van der Waals surface area contributed by atoms with Gasteiger partial charge < -0.3 is 14.8 Å². The minimum absolute atomic E-state index is 0.0517. The SMILES string of the molecule is COC(=O)c1c(NC(=O)C(C)Oc2ccc(C(C)(C)C)cc2)sc2c1CCC(C(C)(C)C)C2. The van der Waals surface area contributed by atoms with Crippen molar-refractivity contribution < 1.29 is 19.1 Å². The number of anilines is 1. The van der Waals surface area contributed by atoms with E-state index in [1.54, 1.807) is 6.92 Å². The van der Waals surface area contributed by atoms with Crippen LogP contribution < -0.4 is 10.1 Å². The fourth-order valence-electron chi connectivity index (χ4n) is 4.24. The van der Waals surface area contributed by atoms with Gasteiger partial charge in [-0.05, 0) is 66.2 Å². The Balaban J connectivity index is 1.77. The van der Waals surface area contributed by atoms with Crippen molar-refractivity contribution in [1.82, 2.24) is 0 Å². The molecule has 33 heavy (non-hydrogen) atoms. The van der Waals surface area contributed by atoms with E-state index in [4.69, 9.17) is 9.47 Å². The Hall–Kier alpha value is -2.34. The van der Waals surface area contributed by atoms with E-state index in [9.17, 15) is 9.59 Å². The number of thiophene rings is 1. The van der Waals surface area contributed by atoms with Crippen LogP contribution in [0.3, 0.4) is 0 Å². The topological polar surface area (TPSA) is 64.6 Å². The monoisotopic (exact) mass is 471 g/mol. The van der Waals surface area contributed by atoms with Crippen molar-refractivity contribution in [3.05, 3.63) is 45.8 Å². The van der Waals surface area contributed by atoms with E-state index in [0.29, 0.717) is 22.2 Å². The molecule has 1 aromatic carbocycles. The molecule has 6 heteroatoms. The van der Waals surface area contributed by atoms with Gasteiger partial charge in [0, 0.05) is 4.88 Å². The molecule has 180 valence electrons. The van der Waals surface area contributed by atoms with Crippen LogP contribution in [0.1, 0.15) is 81.2 Å². The lowest BCUT2D eigenvalue weighted by Crippen LogP contribution is -2.30. The third-order valence-corrected chi connectivity index (χ3v) is 7.69. The second-order valence-electron chi connectivity index (χ2n) is 11.0. The van der Waals surface area contributed by atoms with Gasteiger partial charge in [0.2, 0.25) is 0 Å². The molecule has 3 rings (SSSR count). The van der Waals surface area contributed by atoms with Gasteiger partial charge in [-0.15, -0.1) is 11.3 Å². The van der Waals surface area contributed by atoms with Gasteiger partial charge in [0.1, 0.15) is 10.8 Å². The number of carbonyl (C=O) groups excluding carboxylic acids is 2. The summed E-state index contributed by atoms with van der Waals surface area (Å²) in [6, 6.07) is 7.82. The Morgan fingerprint density at radius 3 is 2.27 bits per heavy atom. The summed E-state index contributed by atoms with van der Waals surface area (Å²) in [6.45, 7) is 15.0. The Morgan fingerprint density at radius 1 is 1.09 bits per heavy atom. The third-order valence-electron chi connectivity index (χ3n) is 6.52. The standard InChI is InChI=1S/C27H37NO4S/c1-16(32-19-12-9-17(10-13-19)26(2,3)4)23(29)28-24-22(25(30)31-8)20-14-11-18(27(5,6)7)15-21(20)33-24/h9-10,12-13,16,18H,11,14-15H2,1-8H3,(H,28,29). The van der Waals surface area contributed by atoms with Crippen LogP contribution in [0.2, 0.25) is 0 Å². The lowest BCUT2D eigenvalue weighted by molar-refractivity contribution is -0.122. The number of nitrogens with one attached hydrogen (secondary N) is 1. The van der Waals surface area contributed by atoms with Crippen LogP contribution in [0.15, 0.2) is 24.3 Å². The molecule has 2 unspecified atom stereocenters. The number of amides is 1. The first-order valence-electron chi connectivity index (χ1n) is 11.6. The number of carbonyl (C=O) groups is 2. The maximum absolute atomic E-state index is 13.0. The average Bonchev–Trinajstić information content (AvgIpc) is 3.09.